The maximum atomic E-state index is 5.50. The molecule has 0 aliphatic carbocycles. The van der Waals surface area contributed by atoms with Crippen molar-refractivity contribution in [2.24, 2.45) is 0 Å². The molecule has 7 heteroatoms. The number of morpholine rings is 1. The Hall–Kier alpha value is -1.99. The van der Waals surface area contributed by atoms with E-state index in [9.17, 15) is 0 Å². The van der Waals surface area contributed by atoms with Crippen LogP contribution in [0.5, 0.6) is 0 Å². The van der Waals surface area contributed by atoms with Gasteiger partial charge in [0.1, 0.15) is 5.82 Å². The molecule has 0 N–H and O–H groups in total. The maximum Gasteiger partial charge on any atom is 0.244 e. The third-order valence-electron chi connectivity index (χ3n) is 5.08. The van der Waals surface area contributed by atoms with Crippen LogP contribution in [0, 0.1) is 0 Å². The molecular weight excluding hydrogens is 318 g/mol. The number of pyridine rings is 1. The number of nitrogens with zero attached hydrogens (tertiary/aromatic N) is 5. The van der Waals surface area contributed by atoms with E-state index in [4.69, 9.17) is 9.26 Å². The molecule has 1 atom stereocenters. The van der Waals surface area contributed by atoms with E-state index >= 15 is 0 Å². The first-order chi connectivity index (χ1) is 12.3. The van der Waals surface area contributed by atoms with Gasteiger partial charge in [-0.1, -0.05) is 5.16 Å². The van der Waals surface area contributed by atoms with Crippen LogP contribution in [0.2, 0.25) is 0 Å². The molecule has 0 spiro atoms. The molecule has 2 aliphatic heterocycles. The van der Waals surface area contributed by atoms with E-state index in [1.807, 2.05) is 12.3 Å². The summed E-state index contributed by atoms with van der Waals surface area (Å²) in [5.41, 5.74) is 0.893. The Kier molecular flexibility index (Phi) is 4.94. The molecular formula is C18H25N5O2. The molecule has 0 aromatic carbocycles. The average molecular weight is 343 g/mol. The van der Waals surface area contributed by atoms with E-state index in [2.05, 4.69) is 37.9 Å². The highest BCUT2D eigenvalue weighted by atomic mass is 16.5. The van der Waals surface area contributed by atoms with Gasteiger partial charge in [-0.3, -0.25) is 4.90 Å². The van der Waals surface area contributed by atoms with E-state index in [-0.39, 0.29) is 6.04 Å². The standard InChI is InChI=1S/C18H25N5O2/c1-14(22-9-11-24-12-10-22)18-20-17(21-25-18)15-5-6-16(19-13-15)23-7-3-2-4-8-23/h5-6,13-14H,2-4,7-12H2,1H3/t14-/m0/s1. The lowest BCUT2D eigenvalue weighted by atomic mass is 10.1. The summed E-state index contributed by atoms with van der Waals surface area (Å²) in [7, 11) is 0. The van der Waals surface area contributed by atoms with E-state index < -0.39 is 0 Å². The molecule has 134 valence electrons. The Bertz CT molecular complexity index is 675. The highest BCUT2D eigenvalue weighted by molar-refractivity contribution is 5.56. The molecule has 0 unspecified atom stereocenters. The molecule has 0 amide bonds. The number of hydrogen-bond donors (Lipinski definition) is 0. The second-order valence-corrected chi connectivity index (χ2v) is 6.73. The largest absolute Gasteiger partial charge is 0.379 e. The molecule has 0 radical (unpaired) electrons. The van der Waals surface area contributed by atoms with E-state index in [0.717, 1.165) is 50.8 Å². The van der Waals surface area contributed by atoms with Gasteiger partial charge < -0.3 is 14.2 Å². The maximum absolute atomic E-state index is 5.50. The second-order valence-electron chi connectivity index (χ2n) is 6.73. The predicted octanol–water partition coefficient (Wildman–Crippen LogP) is 2.52. The van der Waals surface area contributed by atoms with Crippen molar-refractivity contribution < 1.29 is 9.26 Å². The molecule has 2 aromatic heterocycles. The quantitative estimate of drug-likeness (QED) is 0.845. The molecule has 0 bridgehead atoms. The van der Waals surface area contributed by atoms with Crippen molar-refractivity contribution in [2.45, 2.75) is 32.2 Å². The van der Waals surface area contributed by atoms with Crippen molar-refractivity contribution in [2.75, 3.05) is 44.3 Å². The fraction of sp³-hybridized carbons (Fsp3) is 0.611. The number of aromatic nitrogens is 3. The minimum atomic E-state index is 0.103. The molecule has 0 saturated carbocycles. The normalized spacial score (nSPS) is 20.6. The lowest BCUT2D eigenvalue weighted by Gasteiger charge is -2.29. The van der Waals surface area contributed by atoms with Gasteiger partial charge in [0.05, 0.1) is 19.3 Å². The number of piperidine rings is 1. The van der Waals surface area contributed by atoms with Gasteiger partial charge in [-0.25, -0.2) is 4.98 Å². The average Bonchev–Trinajstić information content (AvgIpc) is 3.19. The lowest BCUT2D eigenvalue weighted by molar-refractivity contribution is 0.0134. The Labute approximate surface area is 148 Å². The molecule has 4 heterocycles. The molecule has 2 aromatic rings. The lowest BCUT2D eigenvalue weighted by Crippen LogP contribution is -2.38. The highest BCUT2D eigenvalue weighted by Gasteiger charge is 2.24. The fourth-order valence-corrected chi connectivity index (χ4v) is 3.47. The van der Waals surface area contributed by atoms with Gasteiger partial charge in [0.2, 0.25) is 11.7 Å². The molecule has 7 nitrogen and oxygen atoms in total. The van der Waals surface area contributed by atoms with Crippen LogP contribution in [0.25, 0.3) is 11.4 Å². The summed E-state index contributed by atoms with van der Waals surface area (Å²) >= 11 is 0. The van der Waals surface area contributed by atoms with Crippen LogP contribution in [0.4, 0.5) is 5.82 Å². The van der Waals surface area contributed by atoms with Gasteiger partial charge in [-0.15, -0.1) is 0 Å². The van der Waals surface area contributed by atoms with Crippen molar-refractivity contribution in [3.8, 4) is 11.4 Å². The first kappa shape index (κ1) is 16.5. The predicted molar refractivity (Wildman–Crippen MR) is 94.4 cm³/mol. The second kappa shape index (κ2) is 7.49. The first-order valence-corrected chi connectivity index (χ1v) is 9.18. The van der Waals surface area contributed by atoms with E-state index in [1.165, 1.54) is 19.3 Å². The zero-order chi connectivity index (χ0) is 17.1. The smallest absolute Gasteiger partial charge is 0.244 e. The van der Waals surface area contributed by atoms with Crippen molar-refractivity contribution in [3.63, 3.8) is 0 Å². The third-order valence-corrected chi connectivity index (χ3v) is 5.08. The van der Waals surface area contributed by atoms with Crippen LogP contribution in [0.15, 0.2) is 22.9 Å². The third kappa shape index (κ3) is 3.67. The van der Waals surface area contributed by atoms with E-state index in [0.29, 0.717) is 11.7 Å². The van der Waals surface area contributed by atoms with Crippen LogP contribution in [-0.2, 0) is 4.74 Å². The minimum Gasteiger partial charge on any atom is -0.379 e. The summed E-state index contributed by atoms with van der Waals surface area (Å²) in [5, 5.41) is 4.15. The molecule has 25 heavy (non-hydrogen) atoms. The van der Waals surface area contributed by atoms with Gasteiger partial charge in [0, 0.05) is 37.9 Å². The van der Waals surface area contributed by atoms with Crippen molar-refractivity contribution in [1.82, 2.24) is 20.0 Å². The van der Waals surface area contributed by atoms with Gasteiger partial charge in [0.15, 0.2) is 0 Å². The monoisotopic (exact) mass is 343 g/mol. The number of rotatable bonds is 4. The van der Waals surface area contributed by atoms with Crippen molar-refractivity contribution >= 4 is 5.82 Å². The molecule has 2 fully saturated rings. The number of ether oxygens (including phenoxy) is 1. The topological polar surface area (TPSA) is 67.5 Å². The van der Waals surface area contributed by atoms with Gasteiger partial charge in [-0.05, 0) is 38.3 Å². The van der Waals surface area contributed by atoms with Crippen LogP contribution >= 0.6 is 0 Å². The Morgan fingerprint density at radius 1 is 1.04 bits per heavy atom. The van der Waals surface area contributed by atoms with Crippen molar-refractivity contribution in [1.29, 1.82) is 0 Å². The summed E-state index contributed by atoms with van der Waals surface area (Å²) in [6, 6.07) is 4.19. The Balaban J connectivity index is 1.46. The van der Waals surface area contributed by atoms with Crippen LogP contribution < -0.4 is 4.90 Å². The van der Waals surface area contributed by atoms with E-state index in [1.54, 1.807) is 0 Å². The van der Waals surface area contributed by atoms with Gasteiger partial charge >= 0.3 is 0 Å². The van der Waals surface area contributed by atoms with Gasteiger partial charge in [0.25, 0.3) is 0 Å². The Morgan fingerprint density at radius 3 is 2.56 bits per heavy atom. The fourth-order valence-electron chi connectivity index (χ4n) is 3.47. The van der Waals surface area contributed by atoms with Crippen LogP contribution in [0.1, 0.15) is 38.1 Å². The van der Waals surface area contributed by atoms with Crippen molar-refractivity contribution in [3.05, 3.63) is 24.2 Å². The summed E-state index contributed by atoms with van der Waals surface area (Å²) in [6.07, 6.45) is 5.66. The summed E-state index contributed by atoms with van der Waals surface area (Å²) in [5.74, 6) is 2.29. The van der Waals surface area contributed by atoms with Gasteiger partial charge in [-0.2, -0.15) is 4.98 Å². The zero-order valence-electron chi connectivity index (χ0n) is 14.7. The molecule has 4 rings (SSSR count). The summed E-state index contributed by atoms with van der Waals surface area (Å²) in [4.78, 5) is 13.8. The molecule has 2 saturated heterocycles. The SMILES string of the molecule is C[C@@H](c1nc(-c2ccc(N3CCCCC3)nc2)no1)N1CCOCC1. The van der Waals surface area contributed by atoms with Crippen LogP contribution in [0.3, 0.4) is 0 Å². The minimum absolute atomic E-state index is 0.103. The van der Waals surface area contributed by atoms with Crippen LogP contribution in [-0.4, -0.2) is 59.4 Å². The first-order valence-electron chi connectivity index (χ1n) is 9.18. The zero-order valence-corrected chi connectivity index (χ0v) is 14.7. The molecule has 2 aliphatic rings. The Morgan fingerprint density at radius 2 is 1.84 bits per heavy atom. The number of hydrogen-bond acceptors (Lipinski definition) is 7. The number of anilines is 1. The summed E-state index contributed by atoms with van der Waals surface area (Å²) < 4.78 is 10.9. The highest BCUT2D eigenvalue weighted by Crippen LogP contribution is 2.24. The summed E-state index contributed by atoms with van der Waals surface area (Å²) in [6.45, 7) is 7.59.